The summed E-state index contributed by atoms with van der Waals surface area (Å²) in [4.78, 5) is 11.8. The van der Waals surface area contributed by atoms with Crippen LogP contribution in [-0.4, -0.2) is 12.6 Å². The summed E-state index contributed by atoms with van der Waals surface area (Å²) < 4.78 is 0. The highest BCUT2D eigenvalue weighted by molar-refractivity contribution is 5.89. The number of hydrogen-bond donors (Lipinski definition) is 2. The molecule has 0 aliphatic heterocycles. The van der Waals surface area contributed by atoms with Crippen LogP contribution in [0.5, 0.6) is 0 Å². The van der Waals surface area contributed by atoms with Gasteiger partial charge in [0.1, 0.15) is 0 Å². The third-order valence-electron chi connectivity index (χ3n) is 3.30. The van der Waals surface area contributed by atoms with Crippen molar-refractivity contribution in [1.82, 2.24) is 5.32 Å². The molecule has 20 heavy (non-hydrogen) atoms. The third kappa shape index (κ3) is 4.12. The van der Waals surface area contributed by atoms with E-state index in [1.807, 2.05) is 48.5 Å². The van der Waals surface area contributed by atoms with Gasteiger partial charge in [-0.1, -0.05) is 55.5 Å². The Hall–Kier alpha value is -2.29. The maximum absolute atomic E-state index is 11.8. The first kappa shape index (κ1) is 14.1. The van der Waals surface area contributed by atoms with Crippen LogP contribution in [-0.2, 0) is 0 Å². The summed E-state index contributed by atoms with van der Waals surface area (Å²) in [7, 11) is 0. The van der Waals surface area contributed by atoms with E-state index in [-0.39, 0.29) is 6.03 Å². The van der Waals surface area contributed by atoms with E-state index < -0.39 is 0 Å². The molecule has 0 aliphatic rings. The number of para-hydroxylation sites is 1. The maximum atomic E-state index is 11.8. The molecule has 0 fully saturated rings. The van der Waals surface area contributed by atoms with Gasteiger partial charge in [0, 0.05) is 18.2 Å². The first-order valence-corrected chi connectivity index (χ1v) is 6.94. The monoisotopic (exact) mass is 268 g/mol. The van der Waals surface area contributed by atoms with E-state index in [9.17, 15) is 4.79 Å². The molecule has 0 saturated carbocycles. The number of nitrogens with one attached hydrogen (secondary N) is 2. The van der Waals surface area contributed by atoms with Gasteiger partial charge in [0.25, 0.3) is 0 Å². The normalized spacial score (nSPS) is 11.7. The highest BCUT2D eigenvalue weighted by atomic mass is 16.2. The second-order valence-corrected chi connectivity index (χ2v) is 4.72. The van der Waals surface area contributed by atoms with Crippen molar-refractivity contribution < 1.29 is 4.79 Å². The van der Waals surface area contributed by atoms with Crippen molar-refractivity contribution in [2.45, 2.75) is 19.3 Å². The van der Waals surface area contributed by atoms with Crippen molar-refractivity contribution in [3.05, 3.63) is 66.2 Å². The highest BCUT2D eigenvalue weighted by Gasteiger charge is 2.10. The molecular weight excluding hydrogens is 248 g/mol. The fraction of sp³-hybridized carbons (Fsp3) is 0.235. The molecule has 3 nitrogen and oxygen atoms in total. The van der Waals surface area contributed by atoms with Crippen LogP contribution < -0.4 is 10.6 Å². The first-order valence-electron chi connectivity index (χ1n) is 6.94. The van der Waals surface area contributed by atoms with Gasteiger partial charge in [-0.2, -0.15) is 0 Å². The summed E-state index contributed by atoms with van der Waals surface area (Å²) >= 11 is 0. The molecule has 2 rings (SSSR count). The van der Waals surface area contributed by atoms with Gasteiger partial charge in [0.15, 0.2) is 0 Å². The Labute approximate surface area is 120 Å². The van der Waals surface area contributed by atoms with Gasteiger partial charge in [0.2, 0.25) is 0 Å². The van der Waals surface area contributed by atoms with Crippen molar-refractivity contribution in [3.8, 4) is 0 Å². The Kier molecular flexibility index (Phi) is 5.18. The van der Waals surface area contributed by atoms with E-state index in [1.54, 1.807) is 0 Å². The van der Waals surface area contributed by atoms with E-state index in [2.05, 4.69) is 29.7 Å². The molecule has 0 aliphatic carbocycles. The minimum Gasteiger partial charge on any atom is -0.337 e. The minimum absolute atomic E-state index is 0.161. The molecule has 104 valence electrons. The van der Waals surface area contributed by atoms with E-state index in [1.165, 1.54) is 5.56 Å². The van der Waals surface area contributed by atoms with Crippen LogP contribution in [0.1, 0.15) is 24.8 Å². The number of urea groups is 1. The summed E-state index contributed by atoms with van der Waals surface area (Å²) in [5.74, 6) is 0.345. The fourth-order valence-electron chi connectivity index (χ4n) is 2.14. The summed E-state index contributed by atoms with van der Waals surface area (Å²) in [6.07, 6.45) is 0.996. The van der Waals surface area contributed by atoms with Crippen molar-refractivity contribution >= 4 is 11.7 Å². The van der Waals surface area contributed by atoms with E-state index in [0.29, 0.717) is 12.5 Å². The molecule has 0 heterocycles. The number of anilines is 1. The number of hydrogen-bond acceptors (Lipinski definition) is 1. The van der Waals surface area contributed by atoms with Gasteiger partial charge < -0.3 is 10.6 Å². The van der Waals surface area contributed by atoms with Crippen LogP contribution in [0.4, 0.5) is 10.5 Å². The quantitative estimate of drug-likeness (QED) is 0.845. The Morgan fingerprint density at radius 3 is 2.20 bits per heavy atom. The lowest BCUT2D eigenvalue weighted by Crippen LogP contribution is -2.32. The Morgan fingerprint density at radius 2 is 1.60 bits per heavy atom. The lowest BCUT2D eigenvalue weighted by atomic mass is 9.97. The van der Waals surface area contributed by atoms with E-state index in [4.69, 9.17) is 0 Å². The molecule has 0 radical (unpaired) electrons. The van der Waals surface area contributed by atoms with Crippen LogP contribution in [0.25, 0.3) is 0 Å². The molecule has 1 atom stereocenters. The molecule has 1 unspecified atom stereocenters. The zero-order valence-electron chi connectivity index (χ0n) is 11.7. The summed E-state index contributed by atoms with van der Waals surface area (Å²) in [6, 6.07) is 19.6. The molecule has 0 bridgehead atoms. The van der Waals surface area contributed by atoms with Crippen molar-refractivity contribution in [2.75, 3.05) is 11.9 Å². The predicted molar refractivity (Wildman–Crippen MR) is 82.9 cm³/mol. The number of rotatable bonds is 5. The molecule has 2 aromatic rings. The van der Waals surface area contributed by atoms with Crippen LogP contribution in [0.2, 0.25) is 0 Å². The Balaban J connectivity index is 1.86. The molecule has 2 amide bonds. The largest absolute Gasteiger partial charge is 0.337 e. The van der Waals surface area contributed by atoms with Gasteiger partial charge >= 0.3 is 6.03 Å². The molecular formula is C17H20N2O. The highest BCUT2D eigenvalue weighted by Crippen LogP contribution is 2.17. The zero-order chi connectivity index (χ0) is 14.2. The average Bonchev–Trinajstić information content (AvgIpc) is 2.50. The standard InChI is InChI=1S/C17H20N2O/c1-2-14(15-9-5-3-6-10-15)13-18-17(20)19-16-11-7-4-8-12-16/h3-12,14H,2,13H2,1H3,(H2,18,19,20). The van der Waals surface area contributed by atoms with Crippen LogP contribution in [0.3, 0.4) is 0 Å². The third-order valence-corrected chi connectivity index (χ3v) is 3.30. The summed E-state index contributed by atoms with van der Waals surface area (Å²) in [6.45, 7) is 2.77. The number of carbonyl (C=O) groups excluding carboxylic acids is 1. The van der Waals surface area contributed by atoms with E-state index in [0.717, 1.165) is 12.1 Å². The molecule has 0 saturated heterocycles. The first-order chi connectivity index (χ1) is 9.79. The van der Waals surface area contributed by atoms with Gasteiger partial charge in [-0.15, -0.1) is 0 Å². The molecule has 2 N–H and O–H groups in total. The predicted octanol–water partition coefficient (Wildman–Crippen LogP) is 4.00. The second-order valence-electron chi connectivity index (χ2n) is 4.72. The molecule has 3 heteroatoms. The second kappa shape index (κ2) is 7.34. The zero-order valence-corrected chi connectivity index (χ0v) is 11.7. The number of benzene rings is 2. The Bertz CT molecular complexity index is 525. The Morgan fingerprint density at radius 1 is 1.00 bits per heavy atom. The summed E-state index contributed by atoms with van der Waals surface area (Å²) in [5.41, 5.74) is 2.06. The molecule has 2 aromatic carbocycles. The fourth-order valence-corrected chi connectivity index (χ4v) is 2.14. The number of carbonyl (C=O) groups is 1. The van der Waals surface area contributed by atoms with Crippen molar-refractivity contribution in [2.24, 2.45) is 0 Å². The van der Waals surface area contributed by atoms with Crippen LogP contribution in [0.15, 0.2) is 60.7 Å². The smallest absolute Gasteiger partial charge is 0.319 e. The van der Waals surface area contributed by atoms with Crippen molar-refractivity contribution in [1.29, 1.82) is 0 Å². The van der Waals surface area contributed by atoms with Crippen LogP contribution in [0, 0.1) is 0 Å². The lowest BCUT2D eigenvalue weighted by molar-refractivity contribution is 0.251. The lowest BCUT2D eigenvalue weighted by Gasteiger charge is -2.16. The average molecular weight is 268 g/mol. The van der Waals surface area contributed by atoms with Crippen molar-refractivity contribution in [3.63, 3.8) is 0 Å². The topological polar surface area (TPSA) is 41.1 Å². The number of amides is 2. The van der Waals surface area contributed by atoms with Gasteiger partial charge in [-0.3, -0.25) is 0 Å². The van der Waals surface area contributed by atoms with Gasteiger partial charge in [-0.25, -0.2) is 4.79 Å². The van der Waals surface area contributed by atoms with Crippen LogP contribution >= 0.6 is 0 Å². The van der Waals surface area contributed by atoms with Gasteiger partial charge in [0.05, 0.1) is 0 Å². The maximum Gasteiger partial charge on any atom is 0.319 e. The minimum atomic E-state index is -0.161. The van der Waals surface area contributed by atoms with Gasteiger partial charge in [-0.05, 0) is 24.1 Å². The molecule has 0 spiro atoms. The van der Waals surface area contributed by atoms with E-state index >= 15 is 0 Å². The summed E-state index contributed by atoms with van der Waals surface area (Å²) in [5, 5.41) is 5.75. The molecule has 0 aromatic heterocycles. The SMILES string of the molecule is CCC(CNC(=O)Nc1ccccc1)c1ccccc1.